The summed E-state index contributed by atoms with van der Waals surface area (Å²) >= 11 is 0. The minimum absolute atomic E-state index is 0.133. The molecule has 0 N–H and O–H groups in total. The Hall–Kier alpha value is -4.64. The lowest BCUT2D eigenvalue weighted by Crippen LogP contribution is -2.31. The average molecular weight is 502 g/mol. The molecule has 4 aromatic carbocycles. The van der Waals surface area contributed by atoms with Gasteiger partial charge in [0.2, 0.25) is 5.76 Å². The highest BCUT2D eigenvalue weighted by Crippen LogP contribution is 2.38. The zero-order valence-electron chi connectivity index (χ0n) is 21.1. The number of carbonyl (C=O) groups is 1. The molecule has 0 fully saturated rings. The van der Waals surface area contributed by atoms with Gasteiger partial charge in [-0.25, -0.2) is 0 Å². The normalized spacial score (nSPS) is 14.6. The monoisotopic (exact) mass is 501 g/mol. The number of carbonyl (C=O) groups excluding carboxylic acids is 1. The molecule has 1 atom stereocenters. The molecule has 38 heavy (non-hydrogen) atoms. The first-order chi connectivity index (χ1) is 18.6. The van der Waals surface area contributed by atoms with E-state index in [4.69, 9.17) is 9.15 Å². The fourth-order valence-corrected chi connectivity index (χ4v) is 5.09. The third kappa shape index (κ3) is 4.48. The molecule has 0 aliphatic carbocycles. The van der Waals surface area contributed by atoms with Gasteiger partial charge in [-0.2, -0.15) is 0 Å². The number of hydrogen-bond donors (Lipinski definition) is 0. The molecule has 0 bridgehead atoms. The fraction of sp³-hybridized carbons (Fsp3) is 0.152. The number of nitrogens with zero attached hydrogens (tertiary/aromatic N) is 1. The van der Waals surface area contributed by atoms with Crippen LogP contribution in [0.25, 0.3) is 11.0 Å². The molecule has 5 nitrogen and oxygen atoms in total. The first-order valence-electron chi connectivity index (χ1n) is 12.8. The van der Waals surface area contributed by atoms with E-state index in [1.54, 1.807) is 11.0 Å². The van der Waals surface area contributed by atoms with Crippen molar-refractivity contribution in [1.82, 2.24) is 4.90 Å². The molecule has 1 aliphatic rings. The summed E-state index contributed by atoms with van der Waals surface area (Å²) in [6, 6.07) is 32.6. The fourth-order valence-electron chi connectivity index (χ4n) is 5.09. The average Bonchev–Trinajstić information content (AvgIpc) is 3.24. The van der Waals surface area contributed by atoms with Crippen LogP contribution in [0.5, 0.6) is 5.75 Å². The van der Waals surface area contributed by atoms with Crippen molar-refractivity contribution in [2.24, 2.45) is 0 Å². The van der Waals surface area contributed by atoms with E-state index in [0.717, 1.165) is 28.0 Å². The first kappa shape index (κ1) is 23.7. The van der Waals surface area contributed by atoms with Gasteiger partial charge >= 0.3 is 0 Å². The summed E-state index contributed by atoms with van der Waals surface area (Å²) in [4.78, 5) is 29.2. The largest absolute Gasteiger partial charge is 0.489 e. The molecule has 0 saturated carbocycles. The van der Waals surface area contributed by atoms with Crippen LogP contribution in [-0.2, 0) is 13.0 Å². The van der Waals surface area contributed by atoms with Crippen molar-refractivity contribution in [2.75, 3.05) is 6.54 Å². The second kappa shape index (κ2) is 10.0. The van der Waals surface area contributed by atoms with E-state index < -0.39 is 6.04 Å². The van der Waals surface area contributed by atoms with E-state index in [0.29, 0.717) is 36.1 Å². The Labute approximate surface area is 220 Å². The molecule has 1 aliphatic heterocycles. The summed E-state index contributed by atoms with van der Waals surface area (Å²) in [7, 11) is 0. The molecule has 0 radical (unpaired) electrons. The van der Waals surface area contributed by atoms with Crippen molar-refractivity contribution in [3.05, 3.63) is 147 Å². The van der Waals surface area contributed by atoms with E-state index in [-0.39, 0.29) is 17.1 Å². The van der Waals surface area contributed by atoms with Crippen LogP contribution in [0, 0.1) is 6.92 Å². The third-order valence-electron chi connectivity index (χ3n) is 7.05. The van der Waals surface area contributed by atoms with Gasteiger partial charge in [-0.05, 0) is 54.3 Å². The lowest BCUT2D eigenvalue weighted by molar-refractivity contribution is 0.0730. The summed E-state index contributed by atoms with van der Waals surface area (Å²) in [5.41, 5.74) is 4.69. The van der Waals surface area contributed by atoms with Crippen LogP contribution < -0.4 is 10.2 Å². The van der Waals surface area contributed by atoms with Gasteiger partial charge in [0.25, 0.3) is 5.91 Å². The number of rotatable bonds is 7. The summed E-state index contributed by atoms with van der Waals surface area (Å²) in [6.45, 7) is 2.86. The van der Waals surface area contributed by atoms with E-state index in [1.807, 2.05) is 104 Å². The molecular formula is C33H27NO4. The number of aryl methyl sites for hydroxylation is 1. The topological polar surface area (TPSA) is 59.8 Å². The van der Waals surface area contributed by atoms with Gasteiger partial charge in [0.15, 0.2) is 5.43 Å². The molecule has 0 spiro atoms. The second-order valence-electron chi connectivity index (χ2n) is 9.65. The van der Waals surface area contributed by atoms with Gasteiger partial charge in [-0.1, -0.05) is 84.4 Å². The van der Waals surface area contributed by atoms with Crippen LogP contribution in [-0.4, -0.2) is 17.4 Å². The predicted molar refractivity (Wildman–Crippen MR) is 147 cm³/mol. The molecule has 2 heterocycles. The lowest BCUT2D eigenvalue weighted by Gasteiger charge is -2.25. The first-order valence-corrected chi connectivity index (χ1v) is 12.8. The number of benzene rings is 4. The number of hydrogen-bond acceptors (Lipinski definition) is 4. The van der Waals surface area contributed by atoms with Crippen molar-refractivity contribution >= 4 is 16.9 Å². The quantitative estimate of drug-likeness (QED) is 0.257. The standard InChI is InChI=1S/C33H27NO4/c1-22-12-17-28-27(20-22)31(35)29-30(25-13-15-26(16-14-25)37-21-24-10-6-3-7-11-24)34(33(36)32(29)38-28)19-18-23-8-4-2-5-9-23/h2-17,20,30H,18-19,21H2,1H3. The summed E-state index contributed by atoms with van der Waals surface area (Å²) in [6.07, 6.45) is 0.669. The molecule has 5 heteroatoms. The Morgan fingerprint density at radius 2 is 1.50 bits per heavy atom. The van der Waals surface area contributed by atoms with Gasteiger partial charge in [0, 0.05) is 6.54 Å². The molecule has 0 saturated heterocycles. The smallest absolute Gasteiger partial charge is 0.290 e. The number of amides is 1. The molecular weight excluding hydrogens is 474 g/mol. The predicted octanol–water partition coefficient (Wildman–Crippen LogP) is 6.47. The Morgan fingerprint density at radius 3 is 2.21 bits per heavy atom. The van der Waals surface area contributed by atoms with Crippen molar-refractivity contribution in [3.8, 4) is 5.75 Å². The number of fused-ring (bicyclic) bond motifs is 2. The van der Waals surface area contributed by atoms with Crippen molar-refractivity contribution < 1.29 is 13.9 Å². The molecule has 1 aromatic heterocycles. The zero-order chi connectivity index (χ0) is 26.1. The molecule has 1 unspecified atom stereocenters. The maximum Gasteiger partial charge on any atom is 0.290 e. The van der Waals surface area contributed by atoms with Crippen LogP contribution in [0.15, 0.2) is 112 Å². The third-order valence-corrected chi connectivity index (χ3v) is 7.05. The second-order valence-corrected chi connectivity index (χ2v) is 9.65. The van der Waals surface area contributed by atoms with E-state index in [2.05, 4.69) is 0 Å². The highest BCUT2D eigenvalue weighted by atomic mass is 16.5. The minimum Gasteiger partial charge on any atom is -0.489 e. The Kier molecular flexibility index (Phi) is 6.26. The molecule has 5 aromatic rings. The maximum absolute atomic E-state index is 13.8. The highest BCUT2D eigenvalue weighted by Gasteiger charge is 2.42. The zero-order valence-corrected chi connectivity index (χ0v) is 21.1. The molecule has 188 valence electrons. The van der Waals surface area contributed by atoms with Crippen LogP contribution >= 0.6 is 0 Å². The van der Waals surface area contributed by atoms with Crippen molar-refractivity contribution in [1.29, 1.82) is 0 Å². The van der Waals surface area contributed by atoms with Gasteiger partial charge < -0.3 is 14.1 Å². The Morgan fingerprint density at radius 1 is 0.816 bits per heavy atom. The minimum atomic E-state index is -0.537. The van der Waals surface area contributed by atoms with Gasteiger partial charge in [-0.3, -0.25) is 9.59 Å². The molecule has 1 amide bonds. The summed E-state index contributed by atoms with van der Waals surface area (Å²) < 4.78 is 12.0. The Balaban J connectivity index is 1.37. The van der Waals surface area contributed by atoms with E-state index in [9.17, 15) is 9.59 Å². The molecule has 6 rings (SSSR count). The lowest BCUT2D eigenvalue weighted by atomic mass is 9.98. The SMILES string of the molecule is Cc1ccc2oc3c(c(=O)c2c1)C(c1ccc(OCc2ccccc2)cc1)N(CCc1ccccc1)C3=O. The van der Waals surface area contributed by atoms with Gasteiger partial charge in [-0.15, -0.1) is 0 Å². The van der Waals surface area contributed by atoms with Gasteiger partial charge in [0.1, 0.15) is 17.9 Å². The van der Waals surface area contributed by atoms with Gasteiger partial charge in [0.05, 0.1) is 17.0 Å². The Bertz CT molecular complexity index is 1660. The van der Waals surface area contributed by atoms with E-state index in [1.165, 1.54) is 0 Å². The maximum atomic E-state index is 13.8. The van der Waals surface area contributed by atoms with E-state index >= 15 is 0 Å². The van der Waals surface area contributed by atoms with Crippen LogP contribution in [0.2, 0.25) is 0 Å². The summed E-state index contributed by atoms with van der Waals surface area (Å²) in [5, 5.41) is 0.495. The van der Waals surface area contributed by atoms with Crippen LogP contribution in [0.1, 0.15) is 44.4 Å². The highest BCUT2D eigenvalue weighted by molar-refractivity contribution is 5.99. The van der Waals surface area contributed by atoms with Crippen molar-refractivity contribution in [3.63, 3.8) is 0 Å². The van der Waals surface area contributed by atoms with Crippen LogP contribution in [0.3, 0.4) is 0 Å². The van der Waals surface area contributed by atoms with Crippen LogP contribution in [0.4, 0.5) is 0 Å². The number of ether oxygens (including phenoxy) is 1. The summed E-state index contributed by atoms with van der Waals surface area (Å²) in [5.74, 6) is 0.595. The van der Waals surface area contributed by atoms with Crippen molar-refractivity contribution in [2.45, 2.75) is 26.0 Å².